The van der Waals surface area contributed by atoms with Gasteiger partial charge >= 0.3 is 0 Å². The van der Waals surface area contributed by atoms with Gasteiger partial charge < -0.3 is 4.90 Å². The molecule has 0 amide bonds. The molecule has 1 saturated heterocycles. The van der Waals surface area contributed by atoms with Gasteiger partial charge in [-0.15, -0.1) is 5.10 Å². The highest BCUT2D eigenvalue weighted by molar-refractivity contribution is 5.64. The van der Waals surface area contributed by atoms with Gasteiger partial charge in [-0.2, -0.15) is 0 Å². The SMILES string of the molecule is Cc1cc(C#CC2CC2)ccc1-c1cn(C[C@H]2CCCCN2C)nn1. The average Bonchev–Trinajstić information content (AvgIpc) is 3.33. The summed E-state index contributed by atoms with van der Waals surface area (Å²) in [6.45, 7) is 4.24. The summed E-state index contributed by atoms with van der Waals surface area (Å²) in [7, 11) is 2.22. The molecule has 1 aliphatic carbocycles. The first-order valence-electron chi connectivity index (χ1n) is 9.42. The Labute approximate surface area is 150 Å². The smallest absolute Gasteiger partial charge is 0.113 e. The van der Waals surface area contributed by atoms with Crippen LogP contribution in [0.2, 0.25) is 0 Å². The third kappa shape index (κ3) is 3.93. The number of likely N-dealkylation sites (N-methyl/N-ethyl adjacent to an activating group) is 1. The number of nitrogens with zero attached hydrogens (tertiary/aromatic N) is 4. The molecule has 0 spiro atoms. The Morgan fingerprint density at radius 1 is 1.20 bits per heavy atom. The van der Waals surface area contributed by atoms with Crippen LogP contribution in [0.3, 0.4) is 0 Å². The first-order chi connectivity index (χ1) is 12.2. The predicted molar refractivity (Wildman–Crippen MR) is 100 cm³/mol. The average molecular weight is 334 g/mol. The van der Waals surface area contributed by atoms with Gasteiger partial charge in [0.1, 0.15) is 5.69 Å². The van der Waals surface area contributed by atoms with E-state index in [2.05, 4.69) is 65.4 Å². The molecule has 0 N–H and O–H groups in total. The summed E-state index contributed by atoms with van der Waals surface area (Å²) in [5.74, 6) is 7.26. The Bertz CT molecular complexity index is 807. The molecule has 1 atom stereocenters. The number of hydrogen-bond donors (Lipinski definition) is 0. The summed E-state index contributed by atoms with van der Waals surface area (Å²) < 4.78 is 2.00. The quantitative estimate of drug-likeness (QED) is 0.806. The Morgan fingerprint density at radius 3 is 2.84 bits per heavy atom. The lowest BCUT2D eigenvalue weighted by Gasteiger charge is -2.32. The Balaban J connectivity index is 1.48. The zero-order chi connectivity index (χ0) is 17.2. The van der Waals surface area contributed by atoms with E-state index >= 15 is 0 Å². The molecule has 1 aliphatic heterocycles. The van der Waals surface area contributed by atoms with Crippen molar-refractivity contribution in [3.05, 3.63) is 35.5 Å². The highest BCUT2D eigenvalue weighted by Gasteiger charge is 2.20. The Hall–Kier alpha value is -2.12. The second kappa shape index (κ2) is 7.01. The van der Waals surface area contributed by atoms with E-state index in [-0.39, 0.29) is 0 Å². The van der Waals surface area contributed by atoms with Crippen molar-refractivity contribution in [2.24, 2.45) is 5.92 Å². The van der Waals surface area contributed by atoms with Crippen molar-refractivity contribution in [2.45, 2.75) is 51.6 Å². The maximum absolute atomic E-state index is 4.41. The maximum atomic E-state index is 4.41. The molecule has 4 heteroatoms. The van der Waals surface area contributed by atoms with Crippen molar-refractivity contribution in [3.8, 4) is 23.1 Å². The van der Waals surface area contributed by atoms with E-state index in [0.717, 1.165) is 23.4 Å². The minimum Gasteiger partial charge on any atom is -0.302 e. The number of hydrogen-bond acceptors (Lipinski definition) is 3. The molecule has 0 radical (unpaired) electrons. The molecule has 1 saturated carbocycles. The minimum absolute atomic E-state index is 0.574. The highest BCUT2D eigenvalue weighted by atomic mass is 15.4. The topological polar surface area (TPSA) is 34.0 Å². The van der Waals surface area contributed by atoms with Crippen LogP contribution >= 0.6 is 0 Å². The van der Waals surface area contributed by atoms with Gasteiger partial charge in [0.15, 0.2) is 0 Å². The van der Waals surface area contributed by atoms with Crippen LogP contribution in [0.5, 0.6) is 0 Å². The summed E-state index contributed by atoms with van der Waals surface area (Å²) in [6.07, 6.45) is 8.50. The van der Waals surface area contributed by atoms with Crippen LogP contribution in [-0.2, 0) is 6.54 Å². The second-order valence-corrected chi connectivity index (χ2v) is 7.53. The van der Waals surface area contributed by atoms with E-state index in [1.807, 2.05) is 4.68 Å². The molecule has 130 valence electrons. The van der Waals surface area contributed by atoms with E-state index in [9.17, 15) is 0 Å². The number of benzene rings is 1. The van der Waals surface area contributed by atoms with E-state index < -0.39 is 0 Å². The fourth-order valence-corrected chi connectivity index (χ4v) is 3.54. The lowest BCUT2D eigenvalue weighted by atomic mass is 10.0. The Kier molecular flexibility index (Phi) is 4.59. The van der Waals surface area contributed by atoms with Crippen LogP contribution in [0.25, 0.3) is 11.3 Å². The molecule has 4 nitrogen and oxygen atoms in total. The standard InChI is InChI=1S/C21H26N4/c1-16-13-18(9-8-17-6-7-17)10-11-20(16)21-15-25(23-22-21)14-19-5-3-4-12-24(19)2/h10-11,13,15,17,19H,3-7,12,14H2,1-2H3/t19-/m1/s1. The fourth-order valence-electron chi connectivity index (χ4n) is 3.54. The molecule has 2 aromatic rings. The first kappa shape index (κ1) is 16.4. The van der Waals surface area contributed by atoms with Crippen LogP contribution in [-0.4, -0.2) is 39.5 Å². The van der Waals surface area contributed by atoms with Gasteiger partial charge in [-0.25, -0.2) is 0 Å². The molecular formula is C21H26N4. The normalized spacial score (nSPS) is 21.0. The van der Waals surface area contributed by atoms with Crippen molar-refractivity contribution in [1.82, 2.24) is 19.9 Å². The number of aromatic nitrogens is 3. The molecule has 2 aliphatic rings. The van der Waals surface area contributed by atoms with Crippen LogP contribution in [0.15, 0.2) is 24.4 Å². The molecule has 2 fully saturated rings. The van der Waals surface area contributed by atoms with E-state index in [1.165, 1.54) is 44.2 Å². The monoisotopic (exact) mass is 334 g/mol. The van der Waals surface area contributed by atoms with Crippen molar-refractivity contribution in [1.29, 1.82) is 0 Å². The number of aryl methyl sites for hydroxylation is 1. The summed E-state index contributed by atoms with van der Waals surface area (Å²) in [5.41, 5.74) is 4.42. The summed E-state index contributed by atoms with van der Waals surface area (Å²) >= 11 is 0. The summed E-state index contributed by atoms with van der Waals surface area (Å²) in [4.78, 5) is 2.45. The number of likely N-dealkylation sites (tertiary alicyclic amines) is 1. The number of rotatable bonds is 3. The van der Waals surface area contributed by atoms with Gasteiger partial charge in [-0.3, -0.25) is 4.68 Å². The molecule has 0 unspecified atom stereocenters. The molecule has 1 aromatic heterocycles. The molecule has 4 rings (SSSR count). The largest absolute Gasteiger partial charge is 0.302 e. The van der Waals surface area contributed by atoms with Crippen molar-refractivity contribution >= 4 is 0 Å². The zero-order valence-corrected chi connectivity index (χ0v) is 15.2. The van der Waals surface area contributed by atoms with Crippen LogP contribution in [0, 0.1) is 24.7 Å². The van der Waals surface area contributed by atoms with Crippen LogP contribution < -0.4 is 0 Å². The van der Waals surface area contributed by atoms with E-state index in [4.69, 9.17) is 0 Å². The third-order valence-corrected chi connectivity index (χ3v) is 5.36. The molecule has 2 heterocycles. The van der Waals surface area contributed by atoms with E-state index in [0.29, 0.717) is 12.0 Å². The lowest BCUT2D eigenvalue weighted by Crippen LogP contribution is -2.39. The van der Waals surface area contributed by atoms with E-state index in [1.54, 1.807) is 0 Å². The first-order valence-corrected chi connectivity index (χ1v) is 9.42. The van der Waals surface area contributed by atoms with Crippen molar-refractivity contribution < 1.29 is 0 Å². The number of piperidine rings is 1. The van der Waals surface area contributed by atoms with Crippen molar-refractivity contribution in [2.75, 3.05) is 13.6 Å². The predicted octanol–water partition coefficient (Wildman–Crippen LogP) is 3.50. The third-order valence-electron chi connectivity index (χ3n) is 5.36. The van der Waals surface area contributed by atoms with Gasteiger partial charge in [0.05, 0.1) is 12.7 Å². The van der Waals surface area contributed by atoms with Crippen LogP contribution in [0.4, 0.5) is 0 Å². The van der Waals surface area contributed by atoms with Crippen molar-refractivity contribution in [3.63, 3.8) is 0 Å². The molecule has 25 heavy (non-hydrogen) atoms. The Morgan fingerprint density at radius 2 is 2.08 bits per heavy atom. The maximum Gasteiger partial charge on any atom is 0.113 e. The highest BCUT2D eigenvalue weighted by Crippen LogP contribution is 2.28. The fraction of sp³-hybridized carbons (Fsp3) is 0.524. The lowest BCUT2D eigenvalue weighted by molar-refractivity contribution is 0.162. The van der Waals surface area contributed by atoms with Gasteiger partial charge in [-0.1, -0.05) is 29.5 Å². The van der Waals surface area contributed by atoms with Gasteiger partial charge in [0, 0.05) is 23.1 Å². The van der Waals surface area contributed by atoms with Crippen LogP contribution in [0.1, 0.15) is 43.2 Å². The zero-order valence-electron chi connectivity index (χ0n) is 15.2. The summed E-state index contributed by atoms with van der Waals surface area (Å²) in [5, 5.41) is 8.77. The second-order valence-electron chi connectivity index (χ2n) is 7.53. The van der Waals surface area contributed by atoms with Gasteiger partial charge in [0.25, 0.3) is 0 Å². The summed E-state index contributed by atoms with van der Waals surface area (Å²) in [6, 6.07) is 6.97. The molecular weight excluding hydrogens is 308 g/mol. The molecule has 0 bridgehead atoms. The molecule has 1 aromatic carbocycles. The van der Waals surface area contributed by atoms with Gasteiger partial charge in [-0.05, 0) is 63.9 Å². The minimum atomic E-state index is 0.574. The van der Waals surface area contributed by atoms with Gasteiger partial charge in [0.2, 0.25) is 0 Å².